The summed E-state index contributed by atoms with van der Waals surface area (Å²) in [6.07, 6.45) is 0. The largest absolute Gasteiger partial charge is 0.367 e. The summed E-state index contributed by atoms with van der Waals surface area (Å²) in [4.78, 5) is 28.6. The Morgan fingerprint density at radius 2 is 1.65 bits per heavy atom. The number of anilines is 1. The van der Waals surface area contributed by atoms with E-state index in [9.17, 15) is 9.59 Å². The monoisotopic (exact) mass is 371 g/mol. The van der Waals surface area contributed by atoms with Gasteiger partial charge < -0.3 is 15.1 Å². The van der Waals surface area contributed by atoms with Gasteiger partial charge in [-0.25, -0.2) is 0 Å². The van der Waals surface area contributed by atoms with Crippen molar-refractivity contribution in [3.05, 3.63) is 64.7 Å². The number of aryl methyl sites for hydroxylation is 1. The standard InChI is InChI=1S/C20H22ClN3O2/c1-15-6-2-3-7-16(15)20(26)22-14-19(25)24-12-10-23(11-13-24)18-9-5-4-8-17(18)21/h2-9H,10-14H2,1H3,(H,22,26). The zero-order valence-corrected chi connectivity index (χ0v) is 15.5. The molecule has 2 aromatic carbocycles. The maximum atomic E-state index is 12.4. The number of carbonyl (C=O) groups excluding carboxylic acids is 2. The average Bonchev–Trinajstić information content (AvgIpc) is 2.67. The van der Waals surface area contributed by atoms with Gasteiger partial charge in [-0.05, 0) is 30.7 Å². The number of benzene rings is 2. The lowest BCUT2D eigenvalue weighted by atomic mass is 10.1. The van der Waals surface area contributed by atoms with Gasteiger partial charge in [-0.15, -0.1) is 0 Å². The van der Waals surface area contributed by atoms with E-state index in [4.69, 9.17) is 11.6 Å². The van der Waals surface area contributed by atoms with E-state index in [1.54, 1.807) is 11.0 Å². The first-order chi connectivity index (χ1) is 12.6. The first-order valence-electron chi connectivity index (χ1n) is 8.67. The number of hydrogen-bond donors (Lipinski definition) is 1. The summed E-state index contributed by atoms with van der Waals surface area (Å²) in [5.41, 5.74) is 2.49. The van der Waals surface area contributed by atoms with Gasteiger partial charge in [0, 0.05) is 31.7 Å². The zero-order valence-electron chi connectivity index (χ0n) is 14.7. The van der Waals surface area contributed by atoms with Gasteiger partial charge in [0.25, 0.3) is 5.91 Å². The summed E-state index contributed by atoms with van der Waals surface area (Å²) in [6.45, 7) is 4.57. The minimum atomic E-state index is -0.217. The molecular formula is C20H22ClN3O2. The van der Waals surface area contributed by atoms with Crippen LogP contribution >= 0.6 is 11.6 Å². The van der Waals surface area contributed by atoms with Gasteiger partial charge in [0.2, 0.25) is 5.91 Å². The second kappa shape index (κ2) is 8.23. The lowest BCUT2D eigenvalue weighted by Crippen LogP contribution is -2.51. The highest BCUT2D eigenvalue weighted by atomic mass is 35.5. The quantitative estimate of drug-likeness (QED) is 0.899. The SMILES string of the molecule is Cc1ccccc1C(=O)NCC(=O)N1CCN(c2ccccc2Cl)CC1. The van der Waals surface area contributed by atoms with E-state index in [0.717, 1.165) is 29.4 Å². The molecule has 1 heterocycles. The Morgan fingerprint density at radius 3 is 2.35 bits per heavy atom. The number of nitrogens with one attached hydrogen (secondary N) is 1. The first-order valence-corrected chi connectivity index (χ1v) is 9.05. The van der Waals surface area contributed by atoms with Crippen LogP contribution in [0.4, 0.5) is 5.69 Å². The molecule has 0 radical (unpaired) electrons. The minimum Gasteiger partial charge on any atom is -0.367 e. The molecule has 1 aliphatic heterocycles. The van der Waals surface area contributed by atoms with E-state index in [2.05, 4.69) is 10.2 Å². The second-order valence-electron chi connectivity index (χ2n) is 6.32. The van der Waals surface area contributed by atoms with E-state index in [0.29, 0.717) is 18.7 Å². The Labute approximate surface area is 158 Å². The predicted molar refractivity (Wildman–Crippen MR) is 104 cm³/mol. The van der Waals surface area contributed by atoms with E-state index >= 15 is 0 Å². The predicted octanol–water partition coefficient (Wildman–Crippen LogP) is 2.73. The van der Waals surface area contributed by atoms with Gasteiger partial charge in [0.1, 0.15) is 0 Å². The van der Waals surface area contributed by atoms with Gasteiger partial charge in [-0.1, -0.05) is 41.9 Å². The van der Waals surface area contributed by atoms with Crippen LogP contribution in [0.3, 0.4) is 0 Å². The van der Waals surface area contributed by atoms with Crippen molar-refractivity contribution in [1.82, 2.24) is 10.2 Å². The molecule has 2 aromatic rings. The van der Waals surface area contributed by atoms with Crippen molar-refractivity contribution in [1.29, 1.82) is 0 Å². The van der Waals surface area contributed by atoms with E-state index < -0.39 is 0 Å². The highest BCUT2D eigenvalue weighted by molar-refractivity contribution is 6.33. The molecular weight excluding hydrogens is 350 g/mol. The van der Waals surface area contributed by atoms with Crippen LogP contribution in [0.25, 0.3) is 0 Å². The summed E-state index contributed by atoms with van der Waals surface area (Å²) in [6, 6.07) is 15.1. The normalized spacial score (nSPS) is 14.2. The Kier molecular flexibility index (Phi) is 5.78. The molecule has 1 N–H and O–H groups in total. The number of para-hydroxylation sites is 1. The average molecular weight is 372 g/mol. The number of amides is 2. The molecule has 0 saturated carbocycles. The number of carbonyl (C=O) groups is 2. The van der Waals surface area contributed by atoms with Crippen molar-refractivity contribution >= 4 is 29.1 Å². The Morgan fingerprint density at radius 1 is 1.00 bits per heavy atom. The third-order valence-corrected chi connectivity index (χ3v) is 4.93. The highest BCUT2D eigenvalue weighted by Crippen LogP contribution is 2.25. The molecule has 26 heavy (non-hydrogen) atoms. The van der Waals surface area contributed by atoms with Gasteiger partial charge in [-0.3, -0.25) is 9.59 Å². The lowest BCUT2D eigenvalue weighted by Gasteiger charge is -2.36. The van der Waals surface area contributed by atoms with Crippen molar-refractivity contribution < 1.29 is 9.59 Å². The van der Waals surface area contributed by atoms with Gasteiger partial charge in [0.15, 0.2) is 0 Å². The number of nitrogens with zero attached hydrogens (tertiary/aromatic N) is 2. The Bertz CT molecular complexity index is 801. The van der Waals surface area contributed by atoms with Crippen molar-refractivity contribution in [3.63, 3.8) is 0 Å². The Balaban J connectivity index is 1.50. The zero-order chi connectivity index (χ0) is 18.5. The summed E-state index contributed by atoms with van der Waals surface area (Å²) in [5, 5.41) is 3.44. The van der Waals surface area contributed by atoms with E-state index in [-0.39, 0.29) is 18.4 Å². The maximum absolute atomic E-state index is 12.4. The number of halogens is 1. The summed E-state index contributed by atoms with van der Waals surface area (Å²) >= 11 is 6.24. The molecule has 5 nitrogen and oxygen atoms in total. The molecule has 0 aliphatic carbocycles. The van der Waals surface area contributed by atoms with Crippen LogP contribution in [-0.4, -0.2) is 49.4 Å². The van der Waals surface area contributed by atoms with Crippen molar-refractivity contribution in [2.45, 2.75) is 6.92 Å². The van der Waals surface area contributed by atoms with Crippen LogP contribution in [0.15, 0.2) is 48.5 Å². The fourth-order valence-corrected chi connectivity index (χ4v) is 3.35. The first kappa shape index (κ1) is 18.3. The molecule has 1 aliphatic rings. The fourth-order valence-electron chi connectivity index (χ4n) is 3.10. The van der Waals surface area contributed by atoms with Crippen LogP contribution in [-0.2, 0) is 4.79 Å². The molecule has 1 saturated heterocycles. The molecule has 2 amide bonds. The van der Waals surface area contributed by atoms with Gasteiger partial charge in [0.05, 0.1) is 17.3 Å². The smallest absolute Gasteiger partial charge is 0.251 e. The number of hydrogen-bond acceptors (Lipinski definition) is 3. The molecule has 0 unspecified atom stereocenters. The lowest BCUT2D eigenvalue weighted by molar-refractivity contribution is -0.130. The molecule has 0 aromatic heterocycles. The topological polar surface area (TPSA) is 52.7 Å². The maximum Gasteiger partial charge on any atom is 0.251 e. The third-order valence-electron chi connectivity index (χ3n) is 4.62. The molecule has 0 atom stereocenters. The second-order valence-corrected chi connectivity index (χ2v) is 6.72. The van der Waals surface area contributed by atoms with Crippen LogP contribution in [0.2, 0.25) is 5.02 Å². The van der Waals surface area contributed by atoms with E-state index in [1.807, 2.05) is 49.4 Å². The van der Waals surface area contributed by atoms with Crippen LogP contribution in [0.1, 0.15) is 15.9 Å². The molecule has 3 rings (SSSR count). The molecule has 136 valence electrons. The molecule has 6 heteroatoms. The van der Waals surface area contributed by atoms with E-state index in [1.165, 1.54) is 0 Å². The summed E-state index contributed by atoms with van der Waals surface area (Å²) in [5.74, 6) is -0.281. The molecule has 1 fully saturated rings. The number of piperazine rings is 1. The third kappa shape index (κ3) is 4.17. The summed E-state index contributed by atoms with van der Waals surface area (Å²) in [7, 11) is 0. The molecule has 0 spiro atoms. The number of rotatable bonds is 4. The van der Waals surface area contributed by atoms with Crippen molar-refractivity contribution in [3.8, 4) is 0 Å². The molecule has 0 bridgehead atoms. The van der Waals surface area contributed by atoms with Gasteiger partial charge in [-0.2, -0.15) is 0 Å². The van der Waals surface area contributed by atoms with Gasteiger partial charge >= 0.3 is 0 Å². The van der Waals surface area contributed by atoms with Crippen LogP contribution in [0.5, 0.6) is 0 Å². The fraction of sp³-hybridized carbons (Fsp3) is 0.300. The minimum absolute atomic E-state index is 0.0132. The summed E-state index contributed by atoms with van der Waals surface area (Å²) < 4.78 is 0. The highest BCUT2D eigenvalue weighted by Gasteiger charge is 2.22. The van der Waals surface area contributed by atoms with Crippen molar-refractivity contribution in [2.24, 2.45) is 0 Å². The Hall–Kier alpha value is -2.53. The van der Waals surface area contributed by atoms with Crippen LogP contribution < -0.4 is 10.2 Å². The van der Waals surface area contributed by atoms with Crippen molar-refractivity contribution in [2.75, 3.05) is 37.6 Å². The van der Waals surface area contributed by atoms with Crippen LogP contribution in [0, 0.1) is 6.92 Å².